The van der Waals surface area contributed by atoms with Crippen LogP contribution in [0.1, 0.15) is 33.6 Å². The zero-order chi connectivity index (χ0) is 12.2. The molecule has 1 saturated heterocycles. The van der Waals surface area contributed by atoms with Gasteiger partial charge in [0.2, 0.25) is 0 Å². The molecule has 1 atom stereocenters. The molecule has 1 aliphatic heterocycles. The van der Waals surface area contributed by atoms with Crippen LogP contribution in [0.25, 0.3) is 0 Å². The van der Waals surface area contributed by atoms with E-state index in [0.717, 1.165) is 11.2 Å². The van der Waals surface area contributed by atoms with Crippen LogP contribution in [-0.4, -0.2) is 53.9 Å². The third kappa shape index (κ3) is 4.34. The SMILES string of the molecule is CC(CCBr)CCN1CCN(C)C(C)(C)C1. The molecule has 1 unspecified atom stereocenters. The Hall–Kier alpha value is 0.400. The molecule has 16 heavy (non-hydrogen) atoms. The Kier molecular flexibility index (Phi) is 5.75. The standard InChI is InChI=1S/C13H27BrN2/c1-12(5-7-14)6-8-16-10-9-15(4)13(2,3)11-16/h12H,5-11H2,1-4H3. The lowest BCUT2D eigenvalue weighted by atomic mass is 9.98. The summed E-state index contributed by atoms with van der Waals surface area (Å²) in [6.07, 6.45) is 2.64. The number of piperazine rings is 1. The van der Waals surface area contributed by atoms with Gasteiger partial charge in [-0.25, -0.2) is 0 Å². The molecule has 0 bridgehead atoms. The summed E-state index contributed by atoms with van der Waals surface area (Å²) in [4.78, 5) is 5.11. The molecule has 0 aromatic heterocycles. The van der Waals surface area contributed by atoms with Crippen molar-refractivity contribution in [1.29, 1.82) is 0 Å². The van der Waals surface area contributed by atoms with Gasteiger partial charge in [-0.2, -0.15) is 0 Å². The van der Waals surface area contributed by atoms with Gasteiger partial charge in [-0.05, 0) is 46.2 Å². The average Bonchev–Trinajstić information content (AvgIpc) is 2.20. The van der Waals surface area contributed by atoms with E-state index in [1.54, 1.807) is 0 Å². The number of alkyl halides is 1. The van der Waals surface area contributed by atoms with Crippen LogP contribution < -0.4 is 0 Å². The predicted octanol–water partition coefficient (Wildman–Crippen LogP) is 2.82. The van der Waals surface area contributed by atoms with E-state index in [2.05, 4.69) is 53.5 Å². The van der Waals surface area contributed by atoms with E-state index in [0.29, 0.717) is 5.54 Å². The van der Waals surface area contributed by atoms with E-state index in [1.807, 2.05) is 0 Å². The smallest absolute Gasteiger partial charge is 0.0277 e. The molecule has 3 heteroatoms. The summed E-state index contributed by atoms with van der Waals surface area (Å²) in [7, 11) is 2.24. The summed E-state index contributed by atoms with van der Waals surface area (Å²) in [6.45, 7) is 12.0. The van der Waals surface area contributed by atoms with Crippen molar-refractivity contribution < 1.29 is 0 Å². The van der Waals surface area contributed by atoms with Crippen LogP contribution in [0.3, 0.4) is 0 Å². The van der Waals surface area contributed by atoms with Gasteiger partial charge in [-0.3, -0.25) is 4.90 Å². The van der Waals surface area contributed by atoms with E-state index >= 15 is 0 Å². The summed E-state index contributed by atoms with van der Waals surface area (Å²) in [5.41, 5.74) is 0.344. The number of nitrogens with zero attached hydrogens (tertiary/aromatic N) is 2. The summed E-state index contributed by atoms with van der Waals surface area (Å²) < 4.78 is 0. The fraction of sp³-hybridized carbons (Fsp3) is 1.00. The first-order chi connectivity index (χ1) is 7.45. The zero-order valence-electron chi connectivity index (χ0n) is 11.3. The van der Waals surface area contributed by atoms with Crippen molar-refractivity contribution in [2.24, 2.45) is 5.92 Å². The molecular formula is C13H27BrN2. The highest BCUT2D eigenvalue weighted by molar-refractivity contribution is 9.09. The highest BCUT2D eigenvalue weighted by Gasteiger charge is 2.30. The van der Waals surface area contributed by atoms with E-state index in [-0.39, 0.29) is 0 Å². The molecule has 0 amide bonds. The minimum Gasteiger partial charge on any atom is -0.300 e. The number of likely N-dealkylation sites (N-methyl/N-ethyl adjacent to an activating group) is 1. The summed E-state index contributed by atoms with van der Waals surface area (Å²) in [6, 6.07) is 0. The van der Waals surface area contributed by atoms with Crippen LogP contribution in [0.4, 0.5) is 0 Å². The second-order valence-electron chi connectivity index (χ2n) is 5.88. The van der Waals surface area contributed by atoms with Gasteiger partial charge in [0.25, 0.3) is 0 Å². The molecule has 0 saturated carbocycles. The first-order valence-electron chi connectivity index (χ1n) is 6.45. The van der Waals surface area contributed by atoms with E-state index in [1.165, 1.54) is 39.0 Å². The van der Waals surface area contributed by atoms with Crippen molar-refractivity contribution in [3.63, 3.8) is 0 Å². The monoisotopic (exact) mass is 290 g/mol. The van der Waals surface area contributed by atoms with Gasteiger partial charge in [0, 0.05) is 30.5 Å². The Morgan fingerprint density at radius 3 is 2.50 bits per heavy atom. The number of rotatable bonds is 5. The number of halogens is 1. The van der Waals surface area contributed by atoms with E-state index in [4.69, 9.17) is 0 Å². The minimum atomic E-state index is 0.344. The lowest BCUT2D eigenvalue weighted by Crippen LogP contribution is -2.57. The fourth-order valence-electron chi connectivity index (χ4n) is 2.27. The maximum absolute atomic E-state index is 3.52. The van der Waals surface area contributed by atoms with E-state index < -0.39 is 0 Å². The van der Waals surface area contributed by atoms with E-state index in [9.17, 15) is 0 Å². The molecular weight excluding hydrogens is 264 g/mol. The van der Waals surface area contributed by atoms with Gasteiger partial charge in [0.1, 0.15) is 0 Å². The second kappa shape index (κ2) is 6.36. The van der Waals surface area contributed by atoms with Crippen molar-refractivity contribution in [3.05, 3.63) is 0 Å². The summed E-state index contributed by atoms with van der Waals surface area (Å²) in [5.74, 6) is 0.849. The minimum absolute atomic E-state index is 0.344. The normalized spacial score (nSPS) is 24.6. The molecule has 0 aliphatic carbocycles. The molecule has 0 spiro atoms. The molecule has 0 N–H and O–H groups in total. The first kappa shape index (κ1) is 14.5. The first-order valence-corrected chi connectivity index (χ1v) is 7.57. The molecule has 1 heterocycles. The largest absolute Gasteiger partial charge is 0.300 e. The topological polar surface area (TPSA) is 6.48 Å². The molecule has 0 aromatic rings. The molecule has 1 aliphatic rings. The van der Waals surface area contributed by atoms with Crippen LogP contribution in [0.15, 0.2) is 0 Å². The third-order valence-electron chi connectivity index (χ3n) is 3.94. The van der Waals surface area contributed by atoms with Gasteiger partial charge >= 0.3 is 0 Å². The highest BCUT2D eigenvalue weighted by atomic mass is 79.9. The Bertz CT molecular complexity index is 206. The second-order valence-corrected chi connectivity index (χ2v) is 6.67. The van der Waals surface area contributed by atoms with Gasteiger partial charge in [0.15, 0.2) is 0 Å². The van der Waals surface area contributed by atoms with Gasteiger partial charge < -0.3 is 4.90 Å². The van der Waals surface area contributed by atoms with Crippen LogP contribution in [0, 0.1) is 5.92 Å². The number of hydrogen-bond donors (Lipinski definition) is 0. The van der Waals surface area contributed by atoms with Gasteiger partial charge in [-0.1, -0.05) is 22.9 Å². The van der Waals surface area contributed by atoms with Gasteiger partial charge in [0.05, 0.1) is 0 Å². The van der Waals surface area contributed by atoms with Crippen LogP contribution in [-0.2, 0) is 0 Å². The maximum atomic E-state index is 3.52. The van der Waals surface area contributed by atoms with Crippen molar-refractivity contribution in [3.8, 4) is 0 Å². The number of hydrogen-bond acceptors (Lipinski definition) is 2. The summed E-state index contributed by atoms with van der Waals surface area (Å²) >= 11 is 3.52. The molecule has 96 valence electrons. The lowest BCUT2D eigenvalue weighted by molar-refractivity contribution is 0.0376. The van der Waals surface area contributed by atoms with Crippen molar-refractivity contribution in [2.45, 2.75) is 39.2 Å². The fourth-order valence-corrected chi connectivity index (χ4v) is 3.05. The molecule has 0 aromatic carbocycles. The molecule has 0 radical (unpaired) electrons. The predicted molar refractivity (Wildman–Crippen MR) is 75.3 cm³/mol. The Morgan fingerprint density at radius 1 is 1.25 bits per heavy atom. The maximum Gasteiger partial charge on any atom is 0.0277 e. The van der Waals surface area contributed by atoms with Crippen molar-refractivity contribution in [1.82, 2.24) is 9.80 Å². The zero-order valence-corrected chi connectivity index (χ0v) is 12.9. The van der Waals surface area contributed by atoms with Crippen LogP contribution in [0.2, 0.25) is 0 Å². The quantitative estimate of drug-likeness (QED) is 0.719. The van der Waals surface area contributed by atoms with Gasteiger partial charge in [-0.15, -0.1) is 0 Å². The Balaban J connectivity index is 2.29. The summed E-state index contributed by atoms with van der Waals surface area (Å²) in [5, 5.41) is 1.14. The van der Waals surface area contributed by atoms with Crippen LogP contribution in [0.5, 0.6) is 0 Å². The molecule has 1 fully saturated rings. The molecule has 1 rings (SSSR count). The van der Waals surface area contributed by atoms with Crippen molar-refractivity contribution >= 4 is 15.9 Å². The van der Waals surface area contributed by atoms with Crippen molar-refractivity contribution in [2.75, 3.05) is 38.6 Å². The third-order valence-corrected chi connectivity index (χ3v) is 4.39. The average molecular weight is 291 g/mol. The lowest BCUT2D eigenvalue weighted by Gasteiger charge is -2.45. The Labute approximate surface area is 109 Å². The Morgan fingerprint density at radius 2 is 1.94 bits per heavy atom. The van der Waals surface area contributed by atoms with Crippen LogP contribution >= 0.6 is 15.9 Å². The molecule has 2 nitrogen and oxygen atoms in total. The highest BCUT2D eigenvalue weighted by Crippen LogP contribution is 2.20.